The number of hydrogen-bond acceptors (Lipinski definition) is 5. The Morgan fingerprint density at radius 2 is 1.77 bits per heavy atom. The van der Waals surface area contributed by atoms with Gasteiger partial charge in [-0.15, -0.1) is 11.3 Å². The number of amides is 2. The zero-order valence-electron chi connectivity index (χ0n) is 19.8. The summed E-state index contributed by atoms with van der Waals surface area (Å²) in [4.78, 5) is 32.0. The highest BCUT2D eigenvalue weighted by Gasteiger charge is 2.28. The molecule has 0 unspecified atom stereocenters. The van der Waals surface area contributed by atoms with Gasteiger partial charge in [-0.25, -0.2) is 4.98 Å². The Balaban J connectivity index is 1.41. The molecule has 0 atom stereocenters. The number of anilines is 2. The van der Waals surface area contributed by atoms with Crippen molar-refractivity contribution in [1.29, 1.82) is 0 Å². The maximum absolute atomic E-state index is 13.0. The van der Waals surface area contributed by atoms with E-state index in [0.717, 1.165) is 44.2 Å². The summed E-state index contributed by atoms with van der Waals surface area (Å²) in [5.41, 5.74) is 7.20. The lowest BCUT2D eigenvalue weighted by molar-refractivity contribution is -0.123. The molecule has 6 nitrogen and oxygen atoms in total. The molecule has 4 aromatic rings. The summed E-state index contributed by atoms with van der Waals surface area (Å²) in [6.07, 6.45) is 0. The first kappa shape index (κ1) is 22.8. The molecule has 0 saturated carbocycles. The molecular weight excluding hydrogens is 458 g/mol. The average Bonchev–Trinajstić information content (AvgIpc) is 3.34. The first-order valence-corrected chi connectivity index (χ1v) is 12.2. The summed E-state index contributed by atoms with van der Waals surface area (Å²) in [7, 11) is 0. The molecule has 0 bridgehead atoms. The van der Waals surface area contributed by atoms with Gasteiger partial charge in [-0.3, -0.25) is 14.5 Å². The minimum absolute atomic E-state index is 0.0995. The molecule has 1 aromatic heterocycles. The van der Waals surface area contributed by atoms with Crippen LogP contribution in [0.1, 0.15) is 16.7 Å². The Bertz CT molecular complexity index is 1410. The Kier molecular flexibility index (Phi) is 6.09. The Labute approximate surface area is 208 Å². The fraction of sp³-hybridized carbons (Fsp3) is 0.179. The minimum atomic E-state index is -0.259. The van der Waals surface area contributed by atoms with Crippen LogP contribution >= 0.6 is 11.3 Å². The van der Waals surface area contributed by atoms with Gasteiger partial charge in [-0.05, 0) is 50.1 Å². The molecule has 5 rings (SSSR count). The van der Waals surface area contributed by atoms with Gasteiger partial charge >= 0.3 is 0 Å². The quantitative estimate of drug-likeness (QED) is 0.391. The van der Waals surface area contributed by atoms with Crippen molar-refractivity contribution in [2.45, 2.75) is 20.8 Å². The van der Waals surface area contributed by atoms with Gasteiger partial charge < -0.3 is 10.1 Å². The third kappa shape index (κ3) is 4.68. The number of aromatic nitrogens is 1. The van der Waals surface area contributed by atoms with E-state index in [9.17, 15) is 9.59 Å². The van der Waals surface area contributed by atoms with E-state index in [4.69, 9.17) is 9.72 Å². The van der Waals surface area contributed by atoms with Gasteiger partial charge in [-0.2, -0.15) is 0 Å². The molecule has 0 saturated heterocycles. The Hall–Kier alpha value is -3.97. The number of carbonyl (C=O) groups excluding carboxylic acids is 2. The molecule has 7 heteroatoms. The maximum Gasteiger partial charge on any atom is 0.265 e. The highest BCUT2D eigenvalue weighted by Crippen LogP contribution is 2.37. The largest absolute Gasteiger partial charge is 0.482 e. The van der Waals surface area contributed by atoms with Crippen LogP contribution in [0, 0.1) is 20.8 Å². The van der Waals surface area contributed by atoms with Crippen LogP contribution in [-0.4, -0.2) is 29.9 Å². The monoisotopic (exact) mass is 483 g/mol. The molecule has 176 valence electrons. The van der Waals surface area contributed by atoms with Crippen molar-refractivity contribution in [2.75, 3.05) is 23.4 Å². The number of carbonyl (C=O) groups is 2. The van der Waals surface area contributed by atoms with Crippen LogP contribution in [0.3, 0.4) is 0 Å². The number of fused-ring (bicyclic) bond motifs is 1. The van der Waals surface area contributed by atoms with Gasteiger partial charge in [0.15, 0.2) is 6.61 Å². The SMILES string of the molecule is Cc1cc(C)c(NC(=O)CN2C(=O)COc3ccc(-c4csc(-c5ccccc5)n4)cc32)c(C)c1. The van der Waals surface area contributed by atoms with E-state index in [1.807, 2.05) is 86.8 Å². The second-order valence-electron chi connectivity index (χ2n) is 8.68. The van der Waals surface area contributed by atoms with Crippen LogP contribution in [0.15, 0.2) is 66.0 Å². The molecule has 3 aromatic carbocycles. The maximum atomic E-state index is 13.0. The van der Waals surface area contributed by atoms with E-state index in [2.05, 4.69) is 5.32 Å². The van der Waals surface area contributed by atoms with Crippen molar-refractivity contribution in [3.63, 3.8) is 0 Å². The van der Waals surface area contributed by atoms with Crippen LogP contribution < -0.4 is 15.0 Å². The molecule has 0 aliphatic carbocycles. The molecule has 2 amide bonds. The second kappa shape index (κ2) is 9.35. The topological polar surface area (TPSA) is 71.5 Å². The summed E-state index contributed by atoms with van der Waals surface area (Å²) in [5.74, 6) is 0.0550. The molecule has 2 heterocycles. The molecule has 35 heavy (non-hydrogen) atoms. The number of nitrogens with zero attached hydrogens (tertiary/aromatic N) is 2. The summed E-state index contributed by atoms with van der Waals surface area (Å²) in [5, 5.41) is 5.91. The van der Waals surface area contributed by atoms with E-state index in [0.29, 0.717) is 11.4 Å². The number of thiazole rings is 1. The fourth-order valence-electron chi connectivity index (χ4n) is 4.35. The van der Waals surface area contributed by atoms with Crippen molar-refractivity contribution in [1.82, 2.24) is 4.98 Å². The Morgan fingerprint density at radius 1 is 1.03 bits per heavy atom. The summed E-state index contributed by atoms with van der Waals surface area (Å²) < 4.78 is 5.64. The van der Waals surface area contributed by atoms with Gasteiger partial charge in [0.25, 0.3) is 5.91 Å². The van der Waals surface area contributed by atoms with Crippen LogP contribution in [0.4, 0.5) is 11.4 Å². The van der Waals surface area contributed by atoms with Crippen LogP contribution in [0.25, 0.3) is 21.8 Å². The molecular formula is C28H25N3O3S. The van der Waals surface area contributed by atoms with Crippen molar-refractivity contribution in [3.05, 3.63) is 82.7 Å². The Morgan fingerprint density at radius 3 is 2.51 bits per heavy atom. The molecule has 0 spiro atoms. The average molecular weight is 484 g/mol. The highest BCUT2D eigenvalue weighted by molar-refractivity contribution is 7.13. The molecule has 0 radical (unpaired) electrons. The molecule has 1 aliphatic rings. The van der Waals surface area contributed by atoms with Crippen LogP contribution in [-0.2, 0) is 9.59 Å². The smallest absolute Gasteiger partial charge is 0.265 e. The second-order valence-corrected chi connectivity index (χ2v) is 9.53. The van der Waals surface area contributed by atoms with Gasteiger partial charge in [0.1, 0.15) is 17.3 Å². The van der Waals surface area contributed by atoms with E-state index in [1.165, 1.54) is 4.90 Å². The number of ether oxygens (including phenoxy) is 1. The zero-order chi connectivity index (χ0) is 24.5. The number of hydrogen-bond donors (Lipinski definition) is 1. The lowest BCUT2D eigenvalue weighted by Gasteiger charge is -2.29. The number of nitrogens with one attached hydrogen (secondary N) is 1. The van der Waals surface area contributed by atoms with Gasteiger partial charge in [0.2, 0.25) is 5.91 Å². The van der Waals surface area contributed by atoms with Crippen molar-refractivity contribution >= 4 is 34.5 Å². The van der Waals surface area contributed by atoms with Crippen molar-refractivity contribution in [2.24, 2.45) is 0 Å². The third-order valence-corrected chi connectivity index (χ3v) is 6.86. The minimum Gasteiger partial charge on any atom is -0.482 e. The van der Waals surface area contributed by atoms with Crippen LogP contribution in [0.2, 0.25) is 0 Å². The van der Waals surface area contributed by atoms with Gasteiger partial charge in [0.05, 0.1) is 11.4 Å². The number of aryl methyl sites for hydroxylation is 3. The molecule has 1 aliphatic heterocycles. The van der Waals surface area contributed by atoms with Crippen molar-refractivity contribution in [3.8, 4) is 27.6 Å². The normalized spacial score (nSPS) is 12.8. The summed E-state index contributed by atoms with van der Waals surface area (Å²) in [6, 6.07) is 19.7. The predicted octanol–water partition coefficient (Wildman–Crippen LogP) is 5.77. The number of benzene rings is 3. The van der Waals surface area contributed by atoms with Crippen molar-refractivity contribution < 1.29 is 14.3 Å². The summed E-state index contributed by atoms with van der Waals surface area (Å²) in [6.45, 7) is 5.76. The predicted molar refractivity (Wildman–Crippen MR) is 140 cm³/mol. The lowest BCUT2D eigenvalue weighted by Crippen LogP contribution is -2.43. The number of rotatable bonds is 5. The summed E-state index contributed by atoms with van der Waals surface area (Å²) >= 11 is 1.56. The van der Waals surface area contributed by atoms with Gasteiger partial charge in [-0.1, -0.05) is 48.0 Å². The zero-order valence-corrected chi connectivity index (χ0v) is 20.6. The fourth-order valence-corrected chi connectivity index (χ4v) is 5.19. The van der Waals surface area contributed by atoms with E-state index >= 15 is 0 Å². The van der Waals surface area contributed by atoms with Crippen LogP contribution in [0.5, 0.6) is 5.75 Å². The molecule has 0 fully saturated rings. The van der Waals surface area contributed by atoms with E-state index < -0.39 is 0 Å². The molecule has 1 N–H and O–H groups in total. The van der Waals surface area contributed by atoms with Gasteiger partial charge in [0, 0.05) is 22.2 Å². The highest BCUT2D eigenvalue weighted by atomic mass is 32.1. The first-order valence-electron chi connectivity index (χ1n) is 11.4. The van der Waals surface area contributed by atoms with E-state index in [-0.39, 0.29) is 25.0 Å². The third-order valence-electron chi connectivity index (χ3n) is 5.97. The first-order chi connectivity index (χ1) is 16.9. The lowest BCUT2D eigenvalue weighted by atomic mass is 10.1. The van der Waals surface area contributed by atoms with E-state index in [1.54, 1.807) is 11.3 Å². The standard InChI is InChI=1S/C28H25N3O3S/c1-17-11-18(2)27(19(3)12-17)30-25(32)14-31-23-13-21(9-10-24(23)34-15-26(31)33)22-16-35-28(29-22)20-7-5-4-6-8-20/h4-13,16H,14-15H2,1-3H3,(H,30,32).